The van der Waals surface area contributed by atoms with E-state index in [0.717, 1.165) is 6.42 Å². The Labute approximate surface area is 137 Å². The first-order valence-electron chi connectivity index (χ1n) is 8.22. The number of rotatable bonds is 3. The van der Waals surface area contributed by atoms with E-state index in [1.807, 2.05) is 11.9 Å². The molecule has 0 aromatic heterocycles. The molecule has 0 aliphatic carbocycles. The van der Waals surface area contributed by atoms with E-state index >= 15 is 0 Å². The summed E-state index contributed by atoms with van der Waals surface area (Å²) < 4.78 is 5.57. The molecule has 23 heavy (non-hydrogen) atoms. The Bertz CT molecular complexity index is 584. The van der Waals surface area contributed by atoms with Gasteiger partial charge < -0.3 is 14.5 Å². The summed E-state index contributed by atoms with van der Waals surface area (Å²) in [5.41, 5.74) is 2.40. The van der Waals surface area contributed by atoms with Crippen LogP contribution in [0.3, 0.4) is 0 Å². The summed E-state index contributed by atoms with van der Waals surface area (Å²) >= 11 is 0. The summed E-state index contributed by atoms with van der Waals surface area (Å²) in [5.74, 6) is 0.00253. The van der Waals surface area contributed by atoms with Crippen LogP contribution in [0.1, 0.15) is 17.5 Å². The Hall–Kier alpha value is -1.88. The summed E-state index contributed by atoms with van der Waals surface area (Å²) in [4.78, 5) is 28.5. The van der Waals surface area contributed by atoms with Gasteiger partial charge in [-0.25, -0.2) is 0 Å². The van der Waals surface area contributed by atoms with Crippen LogP contribution in [0.2, 0.25) is 0 Å². The van der Waals surface area contributed by atoms with Crippen LogP contribution < -0.4 is 0 Å². The SMILES string of the molecule is Cc1ccc(CCC(=O)N2C[C@@H]3COC[C@H](C2)N(C)C3=O)cc1. The van der Waals surface area contributed by atoms with Crippen molar-refractivity contribution in [2.24, 2.45) is 5.92 Å². The predicted octanol–water partition coefficient (Wildman–Crippen LogP) is 1.24. The second-order valence-corrected chi connectivity index (χ2v) is 6.62. The molecule has 2 aliphatic rings. The number of ether oxygens (including phenoxy) is 1. The molecule has 0 unspecified atom stereocenters. The molecule has 2 bridgehead atoms. The maximum atomic E-state index is 12.6. The first-order valence-corrected chi connectivity index (χ1v) is 8.22. The molecule has 1 aromatic carbocycles. The lowest BCUT2D eigenvalue weighted by Crippen LogP contribution is -2.45. The van der Waals surface area contributed by atoms with E-state index in [1.54, 1.807) is 4.90 Å². The molecule has 3 rings (SSSR count). The molecule has 0 radical (unpaired) electrons. The zero-order chi connectivity index (χ0) is 16.4. The van der Waals surface area contributed by atoms with Crippen LogP contribution in [0.4, 0.5) is 0 Å². The lowest BCUT2D eigenvalue weighted by molar-refractivity contribution is -0.134. The molecule has 2 atom stereocenters. The highest BCUT2D eigenvalue weighted by Gasteiger charge is 2.38. The minimum Gasteiger partial charge on any atom is -0.378 e. The second kappa shape index (κ2) is 6.71. The van der Waals surface area contributed by atoms with Crippen molar-refractivity contribution in [1.82, 2.24) is 9.80 Å². The van der Waals surface area contributed by atoms with Crippen LogP contribution in [-0.4, -0.2) is 61.0 Å². The van der Waals surface area contributed by atoms with E-state index < -0.39 is 0 Å². The fourth-order valence-corrected chi connectivity index (χ4v) is 3.27. The van der Waals surface area contributed by atoms with Gasteiger partial charge in [0.1, 0.15) is 0 Å². The monoisotopic (exact) mass is 316 g/mol. The lowest BCUT2D eigenvalue weighted by Gasteiger charge is -2.29. The Morgan fingerprint density at radius 2 is 1.96 bits per heavy atom. The molecular formula is C18H24N2O3. The summed E-state index contributed by atoms with van der Waals surface area (Å²) in [6.07, 6.45) is 1.23. The number of nitrogens with zero attached hydrogens (tertiary/aromatic N) is 2. The molecule has 2 amide bonds. The van der Waals surface area contributed by atoms with Gasteiger partial charge in [-0.05, 0) is 18.9 Å². The number of hydrogen-bond acceptors (Lipinski definition) is 3. The van der Waals surface area contributed by atoms with Crippen molar-refractivity contribution in [2.45, 2.75) is 25.8 Å². The average Bonchev–Trinajstić information content (AvgIpc) is 2.72. The van der Waals surface area contributed by atoms with E-state index in [2.05, 4.69) is 31.2 Å². The van der Waals surface area contributed by atoms with Crippen molar-refractivity contribution in [3.8, 4) is 0 Å². The Morgan fingerprint density at radius 3 is 2.70 bits per heavy atom. The maximum Gasteiger partial charge on any atom is 0.229 e. The fraction of sp³-hybridized carbons (Fsp3) is 0.556. The third-order valence-corrected chi connectivity index (χ3v) is 4.85. The summed E-state index contributed by atoms with van der Waals surface area (Å²) in [7, 11) is 1.81. The van der Waals surface area contributed by atoms with Crippen molar-refractivity contribution in [2.75, 3.05) is 33.4 Å². The van der Waals surface area contributed by atoms with Crippen molar-refractivity contribution >= 4 is 11.8 Å². The quantitative estimate of drug-likeness (QED) is 0.843. The van der Waals surface area contributed by atoms with Crippen LogP contribution in [0, 0.1) is 12.8 Å². The van der Waals surface area contributed by atoms with Crippen LogP contribution in [0.5, 0.6) is 0 Å². The molecule has 5 nitrogen and oxygen atoms in total. The number of aryl methyl sites for hydroxylation is 2. The summed E-state index contributed by atoms with van der Waals surface area (Å²) in [5, 5.41) is 0. The largest absolute Gasteiger partial charge is 0.378 e. The summed E-state index contributed by atoms with van der Waals surface area (Å²) in [6, 6.07) is 8.26. The van der Waals surface area contributed by atoms with Crippen LogP contribution in [-0.2, 0) is 20.7 Å². The molecule has 1 aromatic rings. The molecule has 0 spiro atoms. The van der Waals surface area contributed by atoms with Crippen molar-refractivity contribution in [3.05, 3.63) is 35.4 Å². The Kier molecular flexibility index (Phi) is 4.66. The lowest BCUT2D eigenvalue weighted by atomic mass is 10.1. The normalized spacial score (nSPS) is 24.5. The van der Waals surface area contributed by atoms with Gasteiger partial charge in [0.2, 0.25) is 11.8 Å². The molecule has 2 heterocycles. The topological polar surface area (TPSA) is 49.9 Å². The number of amides is 2. The zero-order valence-electron chi connectivity index (χ0n) is 13.8. The molecule has 2 aliphatic heterocycles. The van der Waals surface area contributed by atoms with Crippen molar-refractivity contribution in [3.63, 3.8) is 0 Å². The minimum atomic E-state index is -0.226. The van der Waals surface area contributed by atoms with E-state index in [9.17, 15) is 9.59 Å². The van der Waals surface area contributed by atoms with Gasteiger partial charge in [-0.1, -0.05) is 29.8 Å². The number of hydrogen-bond donors (Lipinski definition) is 0. The summed E-state index contributed by atoms with van der Waals surface area (Å²) in [6.45, 7) is 4.04. The molecule has 2 saturated heterocycles. The molecule has 0 saturated carbocycles. The third-order valence-electron chi connectivity index (χ3n) is 4.85. The molecular weight excluding hydrogens is 292 g/mol. The molecule has 124 valence electrons. The van der Waals surface area contributed by atoms with Crippen molar-refractivity contribution in [1.29, 1.82) is 0 Å². The van der Waals surface area contributed by atoms with E-state index in [4.69, 9.17) is 4.74 Å². The van der Waals surface area contributed by atoms with Crippen LogP contribution in [0.15, 0.2) is 24.3 Å². The van der Waals surface area contributed by atoms with Gasteiger partial charge in [0, 0.05) is 26.6 Å². The van der Waals surface area contributed by atoms with Crippen LogP contribution in [0.25, 0.3) is 0 Å². The van der Waals surface area contributed by atoms with Gasteiger partial charge in [0.15, 0.2) is 0 Å². The van der Waals surface area contributed by atoms with E-state index in [0.29, 0.717) is 32.7 Å². The maximum absolute atomic E-state index is 12.6. The smallest absolute Gasteiger partial charge is 0.229 e. The van der Waals surface area contributed by atoms with E-state index in [1.165, 1.54) is 11.1 Å². The van der Waals surface area contributed by atoms with Gasteiger partial charge in [-0.15, -0.1) is 0 Å². The van der Waals surface area contributed by atoms with E-state index in [-0.39, 0.29) is 23.8 Å². The van der Waals surface area contributed by atoms with Crippen LogP contribution >= 0.6 is 0 Å². The number of carbonyl (C=O) groups is 2. The minimum absolute atomic E-state index is 0.0293. The second-order valence-electron chi connectivity index (χ2n) is 6.62. The van der Waals surface area contributed by atoms with Gasteiger partial charge in [-0.3, -0.25) is 9.59 Å². The number of carbonyl (C=O) groups excluding carboxylic acids is 2. The highest BCUT2D eigenvalue weighted by Crippen LogP contribution is 2.20. The van der Waals surface area contributed by atoms with Gasteiger partial charge >= 0.3 is 0 Å². The zero-order valence-corrected chi connectivity index (χ0v) is 13.8. The van der Waals surface area contributed by atoms with Gasteiger partial charge in [-0.2, -0.15) is 0 Å². The third kappa shape index (κ3) is 3.55. The average molecular weight is 316 g/mol. The first-order chi connectivity index (χ1) is 11.0. The number of fused-ring (bicyclic) bond motifs is 3. The Morgan fingerprint density at radius 1 is 1.22 bits per heavy atom. The molecule has 5 heteroatoms. The first kappa shape index (κ1) is 16.0. The highest BCUT2D eigenvalue weighted by atomic mass is 16.5. The Balaban J connectivity index is 1.63. The standard InChI is InChI=1S/C18H24N2O3/c1-13-3-5-14(6-4-13)7-8-17(21)20-9-15-11-23-12-16(10-20)19(2)18(15)22/h3-6,15-16H,7-12H2,1-2H3/t15-,16+/m1/s1. The number of benzene rings is 1. The fourth-order valence-electron chi connectivity index (χ4n) is 3.27. The van der Waals surface area contributed by atoms with Crippen molar-refractivity contribution < 1.29 is 14.3 Å². The molecule has 2 fully saturated rings. The van der Waals surface area contributed by atoms with Gasteiger partial charge in [0.05, 0.1) is 25.2 Å². The number of likely N-dealkylation sites (N-methyl/N-ethyl adjacent to an activating group) is 1. The highest BCUT2D eigenvalue weighted by molar-refractivity contribution is 5.82. The van der Waals surface area contributed by atoms with Gasteiger partial charge in [0.25, 0.3) is 0 Å². The molecule has 0 N–H and O–H groups in total. The predicted molar refractivity (Wildman–Crippen MR) is 86.9 cm³/mol.